The van der Waals surface area contributed by atoms with E-state index in [2.05, 4.69) is 11.8 Å². The van der Waals surface area contributed by atoms with Crippen LogP contribution in [-0.4, -0.2) is 48.3 Å². The molecule has 4 heteroatoms. The number of rotatable bonds is 4. The number of hydrogen-bond donors (Lipinski definition) is 1. The van der Waals surface area contributed by atoms with E-state index in [9.17, 15) is 4.79 Å². The summed E-state index contributed by atoms with van der Waals surface area (Å²) in [5.74, 6) is -0.681. The van der Waals surface area contributed by atoms with Gasteiger partial charge in [-0.25, -0.2) is 0 Å². The molecule has 1 N–H and O–H groups in total. The number of carbonyl (C=O) groups is 1. The van der Waals surface area contributed by atoms with E-state index < -0.39 is 5.97 Å². The Morgan fingerprint density at radius 1 is 1.44 bits per heavy atom. The highest BCUT2D eigenvalue weighted by atomic mass is 16.5. The first-order chi connectivity index (χ1) is 7.65. The number of aliphatic carboxylic acids is 1. The minimum atomic E-state index is -0.681. The minimum absolute atomic E-state index is 0.228. The van der Waals surface area contributed by atoms with Crippen molar-refractivity contribution in [1.82, 2.24) is 4.90 Å². The lowest BCUT2D eigenvalue weighted by Gasteiger charge is -2.54. The predicted octanol–water partition coefficient (Wildman–Crippen LogP) is 1.35. The van der Waals surface area contributed by atoms with Gasteiger partial charge in [0.05, 0.1) is 6.42 Å². The highest BCUT2D eigenvalue weighted by Crippen LogP contribution is 2.41. The monoisotopic (exact) mass is 227 g/mol. The molecule has 0 aliphatic carbocycles. The second-order valence-electron chi connectivity index (χ2n) is 5.18. The van der Waals surface area contributed by atoms with E-state index in [0.717, 1.165) is 45.6 Å². The van der Waals surface area contributed by atoms with Crippen LogP contribution >= 0.6 is 0 Å². The number of likely N-dealkylation sites (tertiary alicyclic amines) is 1. The summed E-state index contributed by atoms with van der Waals surface area (Å²) in [5.41, 5.74) is 0.449. The maximum absolute atomic E-state index is 10.7. The van der Waals surface area contributed by atoms with Crippen LogP contribution in [-0.2, 0) is 9.53 Å². The smallest absolute Gasteiger partial charge is 0.304 e. The molecule has 0 bridgehead atoms. The maximum atomic E-state index is 10.7. The van der Waals surface area contributed by atoms with Crippen molar-refractivity contribution in [1.29, 1.82) is 0 Å². The van der Waals surface area contributed by atoms with Crippen LogP contribution in [0.5, 0.6) is 0 Å². The third-order valence-electron chi connectivity index (χ3n) is 4.03. The zero-order valence-electron chi connectivity index (χ0n) is 9.95. The first-order valence-corrected chi connectivity index (χ1v) is 6.19. The lowest BCUT2D eigenvalue weighted by molar-refractivity contribution is -0.142. The fraction of sp³-hybridized carbons (Fsp3) is 0.917. The second kappa shape index (κ2) is 4.72. The molecule has 2 fully saturated rings. The molecule has 0 radical (unpaired) electrons. The van der Waals surface area contributed by atoms with Crippen LogP contribution in [0, 0.1) is 5.41 Å². The van der Waals surface area contributed by atoms with Gasteiger partial charge in [-0.15, -0.1) is 0 Å². The molecular weight excluding hydrogens is 206 g/mol. The highest BCUT2D eigenvalue weighted by molar-refractivity contribution is 5.67. The quantitative estimate of drug-likeness (QED) is 0.787. The van der Waals surface area contributed by atoms with Gasteiger partial charge in [0.25, 0.3) is 0 Å². The topological polar surface area (TPSA) is 49.8 Å². The molecule has 1 atom stereocenters. The summed E-state index contributed by atoms with van der Waals surface area (Å²) in [6, 6.07) is 0.228. The largest absolute Gasteiger partial charge is 0.481 e. The average molecular weight is 227 g/mol. The molecule has 2 saturated heterocycles. The van der Waals surface area contributed by atoms with Crippen LogP contribution < -0.4 is 0 Å². The van der Waals surface area contributed by atoms with Gasteiger partial charge in [-0.05, 0) is 19.3 Å². The molecular formula is C12H21NO3. The molecule has 1 unspecified atom stereocenters. The zero-order valence-corrected chi connectivity index (χ0v) is 9.95. The molecule has 0 aromatic heterocycles. The third kappa shape index (κ3) is 2.38. The molecule has 2 rings (SSSR count). The molecule has 0 aromatic rings. The molecule has 1 spiro atoms. The van der Waals surface area contributed by atoms with E-state index in [4.69, 9.17) is 9.84 Å². The number of nitrogens with zero attached hydrogens (tertiary/aromatic N) is 1. The summed E-state index contributed by atoms with van der Waals surface area (Å²) in [7, 11) is 0. The Morgan fingerprint density at radius 3 is 2.56 bits per heavy atom. The lowest BCUT2D eigenvalue weighted by atomic mass is 9.72. The molecule has 16 heavy (non-hydrogen) atoms. The summed E-state index contributed by atoms with van der Waals surface area (Å²) in [5, 5.41) is 8.84. The third-order valence-corrected chi connectivity index (χ3v) is 4.03. The fourth-order valence-electron chi connectivity index (χ4n) is 2.93. The second-order valence-corrected chi connectivity index (χ2v) is 5.18. The Balaban J connectivity index is 1.83. The van der Waals surface area contributed by atoms with Crippen molar-refractivity contribution in [3.05, 3.63) is 0 Å². The van der Waals surface area contributed by atoms with Gasteiger partial charge in [-0.3, -0.25) is 9.69 Å². The van der Waals surface area contributed by atoms with Gasteiger partial charge in [-0.2, -0.15) is 0 Å². The van der Waals surface area contributed by atoms with Crippen LogP contribution in [0.2, 0.25) is 0 Å². The highest BCUT2D eigenvalue weighted by Gasteiger charge is 2.45. The van der Waals surface area contributed by atoms with Crippen molar-refractivity contribution in [2.24, 2.45) is 5.41 Å². The summed E-state index contributed by atoms with van der Waals surface area (Å²) < 4.78 is 5.37. The van der Waals surface area contributed by atoms with Gasteiger partial charge in [-0.1, -0.05) is 6.92 Å². The average Bonchev–Trinajstić information content (AvgIpc) is 2.23. The summed E-state index contributed by atoms with van der Waals surface area (Å²) in [4.78, 5) is 13.1. The van der Waals surface area contributed by atoms with Crippen LogP contribution in [0.15, 0.2) is 0 Å². The number of carboxylic acid groups (broad SMARTS) is 1. The molecule has 2 aliphatic rings. The molecule has 4 nitrogen and oxygen atoms in total. The molecule has 2 aliphatic heterocycles. The van der Waals surface area contributed by atoms with Gasteiger partial charge in [0.1, 0.15) is 0 Å². The Hall–Kier alpha value is -0.610. The molecule has 0 amide bonds. The lowest BCUT2D eigenvalue weighted by Crippen LogP contribution is -2.61. The van der Waals surface area contributed by atoms with Gasteiger partial charge < -0.3 is 9.84 Å². The SMILES string of the molecule is CCC(CC(=O)O)N1CC2(CCOCC2)C1. The van der Waals surface area contributed by atoms with E-state index in [1.54, 1.807) is 0 Å². The van der Waals surface area contributed by atoms with Crippen LogP contribution in [0.3, 0.4) is 0 Å². The first-order valence-electron chi connectivity index (χ1n) is 6.19. The Labute approximate surface area is 96.6 Å². The van der Waals surface area contributed by atoms with Crippen molar-refractivity contribution in [3.63, 3.8) is 0 Å². The number of ether oxygens (including phenoxy) is 1. The Kier molecular flexibility index (Phi) is 3.50. The van der Waals surface area contributed by atoms with Gasteiger partial charge >= 0.3 is 5.97 Å². The van der Waals surface area contributed by atoms with Gasteiger partial charge in [0, 0.05) is 37.8 Å². The molecule has 92 valence electrons. The van der Waals surface area contributed by atoms with Crippen LogP contribution in [0.4, 0.5) is 0 Å². The predicted molar refractivity (Wildman–Crippen MR) is 60.4 cm³/mol. The van der Waals surface area contributed by atoms with Crippen molar-refractivity contribution in [2.45, 2.75) is 38.6 Å². The Bertz CT molecular complexity index is 253. The van der Waals surface area contributed by atoms with E-state index in [-0.39, 0.29) is 12.5 Å². The summed E-state index contributed by atoms with van der Waals surface area (Å²) in [6.45, 7) is 5.97. The van der Waals surface area contributed by atoms with Crippen LogP contribution in [0.1, 0.15) is 32.6 Å². The van der Waals surface area contributed by atoms with E-state index in [1.165, 1.54) is 0 Å². The number of hydrogen-bond acceptors (Lipinski definition) is 3. The maximum Gasteiger partial charge on any atom is 0.304 e. The summed E-state index contributed by atoms with van der Waals surface area (Å²) in [6.07, 6.45) is 3.50. The van der Waals surface area contributed by atoms with Crippen molar-refractivity contribution < 1.29 is 14.6 Å². The van der Waals surface area contributed by atoms with Crippen molar-refractivity contribution in [3.8, 4) is 0 Å². The van der Waals surface area contributed by atoms with Gasteiger partial charge in [0.15, 0.2) is 0 Å². The number of carboxylic acids is 1. The van der Waals surface area contributed by atoms with Crippen LogP contribution in [0.25, 0.3) is 0 Å². The first kappa shape index (κ1) is 11.9. The molecule has 0 saturated carbocycles. The van der Waals surface area contributed by atoms with E-state index >= 15 is 0 Å². The van der Waals surface area contributed by atoms with E-state index in [0.29, 0.717) is 5.41 Å². The van der Waals surface area contributed by atoms with E-state index in [1.807, 2.05) is 0 Å². The molecule has 2 heterocycles. The van der Waals surface area contributed by atoms with Crippen molar-refractivity contribution in [2.75, 3.05) is 26.3 Å². The normalized spacial score (nSPS) is 26.3. The molecule has 0 aromatic carbocycles. The zero-order chi connectivity index (χ0) is 11.6. The Morgan fingerprint density at radius 2 is 2.06 bits per heavy atom. The van der Waals surface area contributed by atoms with Gasteiger partial charge in [0.2, 0.25) is 0 Å². The standard InChI is InChI=1S/C12H21NO3/c1-2-10(7-11(14)15)13-8-12(9-13)3-5-16-6-4-12/h10H,2-9H2,1H3,(H,14,15). The van der Waals surface area contributed by atoms with Crippen molar-refractivity contribution >= 4 is 5.97 Å². The summed E-state index contributed by atoms with van der Waals surface area (Å²) >= 11 is 0. The minimum Gasteiger partial charge on any atom is -0.481 e. The fourth-order valence-corrected chi connectivity index (χ4v) is 2.93.